The van der Waals surface area contributed by atoms with E-state index >= 15 is 0 Å². The van der Waals surface area contributed by atoms with Crippen LogP contribution in [-0.4, -0.2) is 59.4 Å². The Morgan fingerprint density at radius 3 is 2.41 bits per heavy atom. The summed E-state index contributed by atoms with van der Waals surface area (Å²) in [4.78, 5) is 33.0. The van der Waals surface area contributed by atoms with Gasteiger partial charge in [0.1, 0.15) is 11.9 Å². The van der Waals surface area contributed by atoms with Crippen molar-refractivity contribution in [2.24, 2.45) is 0 Å². The van der Waals surface area contributed by atoms with Crippen LogP contribution in [0.2, 0.25) is 5.02 Å². The summed E-state index contributed by atoms with van der Waals surface area (Å²) in [7, 11) is 3.20. The molecule has 11 heteroatoms. The Labute approximate surface area is 300 Å². The van der Waals surface area contributed by atoms with E-state index < -0.39 is 24.2 Å². The number of benzene rings is 3. The van der Waals surface area contributed by atoms with E-state index in [-0.39, 0.29) is 18.9 Å². The molecule has 3 aromatic carbocycles. The van der Waals surface area contributed by atoms with Gasteiger partial charge in [-0.25, -0.2) is 4.98 Å². The summed E-state index contributed by atoms with van der Waals surface area (Å²) >= 11 is 6.11. The molecule has 1 N–H and O–H groups in total. The summed E-state index contributed by atoms with van der Waals surface area (Å²) in [6.07, 6.45) is 0.483. The van der Waals surface area contributed by atoms with Gasteiger partial charge in [0.25, 0.3) is 5.91 Å². The molecule has 0 spiro atoms. The zero-order valence-corrected chi connectivity index (χ0v) is 29.9. The Hall–Kier alpha value is -5.16. The third-order valence-corrected chi connectivity index (χ3v) is 9.96. The molecule has 6 aromatic rings. The Morgan fingerprint density at radius 2 is 1.69 bits per heavy atom. The number of fused-ring (bicyclic) bond motifs is 4. The molecule has 0 saturated carbocycles. The second-order valence-corrected chi connectivity index (χ2v) is 13.1. The van der Waals surface area contributed by atoms with E-state index in [1.807, 2.05) is 75.5 Å². The van der Waals surface area contributed by atoms with Crippen LogP contribution in [0, 0.1) is 20.8 Å². The third-order valence-electron chi connectivity index (χ3n) is 9.70. The molecule has 4 heterocycles. The fraction of sp³-hybridized carbons (Fsp3) is 0.275. The molecule has 0 radical (unpaired) electrons. The molecule has 1 aliphatic rings. The zero-order chi connectivity index (χ0) is 35.8. The van der Waals surface area contributed by atoms with Gasteiger partial charge >= 0.3 is 5.97 Å². The number of halogens is 1. The van der Waals surface area contributed by atoms with Crippen LogP contribution < -0.4 is 10.1 Å². The first-order valence-corrected chi connectivity index (χ1v) is 17.2. The number of carbonyl (C=O) groups is 2. The summed E-state index contributed by atoms with van der Waals surface area (Å²) in [6.45, 7) is 6.51. The Kier molecular flexibility index (Phi) is 9.56. The van der Waals surface area contributed by atoms with Gasteiger partial charge in [-0.15, -0.1) is 0 Å². The minimum atomic E-state index is -0.761. The van der Waals surface area contributed by atoms with Crippen molar-refractivity contribution in [3.8, 4) is 5.75 Å². The van der Waals surface area contributed by atoms with E-state index in [0.717, 1.165) is 39.2 Å². The van der Waals surface area contributed by atoms with Crippen molar-refractivity contribution in [2.45, 2.75) is 45.4 Å². The average Bonchev–Trinajstić information content (AvgIpc) is 3.59. The number of esters is 1. The number of anilines is 1. The molecule has 0 bridgehead atoms. The summed E-state index contributed by atoms with van der Waals surface area (Å²) in [5.74, 6) is -0.101. The summed E-state index contributed by atoms with van der Waals surface area (Å²) < 4.78 is 27.6. The van der Waals surface area contributed by atoms with Crippen LogP contribution in [0.4, 0.5) is 5.69 Å². The number of carbonyl (C=O) groups excluding carboxylic acids is 2. The second kappa shape index (κ2) is 14.2. The standard InChI is InChI=1S/C40H39ClN4O6/c1-23-24(2)44-18-17-30-36(39(44)42-23)43-35(26-9-7-6-8-10-26)38(37(30)50-20-19-48-4)51-34(46)22-31-25(3)45(33-16-15-29(49-5)21-32(31)33)40(47)27-11-13-28(41)14-12-27/h6-18,21,35,37-38,43H,19-20,22H2,1-5H3/t35-,37-,38-/m1/s1. The fourth-order valence-electron chi connectivity index (χ4n) is 6.97. The highest BCUT2D eigenvalue weighted by Gasteiger charge is 2.42. The van der Waals surface area contributed by atoms with Gasteiger partial charge in [-0.1, -0.05) is 41.9 Å². The Morgan fingerprint density at radius 1 is 0.922 bits per heavy atom. The predicted molar refractivity (Wildman–Crippen MR) is 196 cm³/mol. The van der Waals surface area contributed by atoms with Gasteiger partial charge in [-0.2, -0.15) is 0 Å². The minimum absolute atomic E-state index is 0.0935. The van der Waals surface area contributed by atoms with Crippen LogP contribution in [0.3, 0.4) is 0 Å². The highest BCUT2D eigenvalue weighted by Crippen LogP contribution is 2.45. The largest absolute Gasteiger partial charge is 0.497 e. The smallest absolute Gasteiger partial charge is 0.310 e. The normalized spacial score (nSPS) is 16.9. The van der Waals surface area contributed by atoms with Gasteiger partial charge in [0, 0.05) is 46.2 Å². The van der Waals surface area contributed by atoms with Crippen LogP contribution in [0.25, 0.3) is 16.6 Å². The maximum atomic E-state index is 14.3. The van der Waals surface area contributed by atoms with Gasteiger partial charge in [-0.3, -0.25) is 14.2 Å². The minimum Gasteiger partial charge on any atom is -0.497 e. The number of rotatable bonds is 10. The topological polar surface area (TPSA) is 105 Å². The molecule has 1 aliphatic heterocycles. The quantitative estimate of drug-likeness (QED) is 0.115. The summed E-state index contributed by atoms with van der Waals surface area (Å²) in [5, 5.41) is 4.94. The fourth-order valence-corrected chi connectivity index (χ4v) is 7.09. The van der Waals surface area contributed by atoms with E-state index in [4.69, 9.17) is 35.5 Å². The van der Waals surface area contributed by atoms with Crippen molar-refractivity contribution < 1.29 is 28.5 Å². The molecular formula is C40H39ClN4O6. The SMILES string of the molecule is COCCO[C@@H]1c2ccn3c(C)c(C)nc3c2N[C@H](c2ccccc2)[C@H]1OC(=O)Cc1c(C)n(C(=O)c2ccc(Cl)cc2)c2ccc(OC)cc12. The van der Waals surface area contributed by atoms with Gasteiger partial charge in [-0.05, 0) is 80.4 Å². The average molecular weight is 707 g/mol. The summed E-state index contributed by atoms with van der Waals surface area (Å²) in [5.41, 5.74) is 7.73. The predicted octanol–water partition coefficient (Wildman–Crippen LogP) is 7.59. The maximum Gasteiger partial charge on any atom is 0.310 e. The number of nitrogens with one attached hydrogen (secondary N) is 1. The van der Waals surface area contributed by atoms with Crippen molar-refractivity contribution in [3.05, 3.63) is 129 Å². The van der Waals surface area contributed by atoms with Crippen molar-refractivity contribution in [1.82, 2.24) is 14.0 Å². The van der Waals surface area contributed by atoms with Crippen molar-refractivity contribution in [1.29, 1.82) is 0 Å². The molecular weight excluding hydrogens is 668 g/mol. The third kappa shape index (κ3) is 6.35. The number of aromatic nitrogens is 3. The maximum absolute atomic E-state index is 14.3. The Bertz CT molecular complexity index is 2250. The van der Waals surface area contributed by atoms with Gasteiger partial charge in [0.2, 0.25) is 0 Å². The molecule has 0 fully saturated rings. The lowest BCUT2D eigenvalue weighted by atomic mass is 9.88. The summed E-state index contributed by atoms with van der Waals surface area (Å²) in [6, 6.07) is 23.6. The lowest BCUT2D eigenvalue weighted by molar-refractivity contribution is -0.160. The van der Waals surface area contributed by atoms with Crippen LogP contribution in [0.15, 0.2) is 85.1 Å². The lowest BCUT2D eigenvalue weighted by Crippen LogP contribution is -2.41. The van der Waals surface area contributed by atoms with E-state index in [1.165, 1.54) is 0 Å². The molecule has 51 heavy (non-hydrogen) atoms. The first-order chi connectivity index (χ1) is 24.7. The number of methoxy groups -OCH3 is 2. The number of imidazole rings is 1. The number of hydrogen-bond acceptors (Lipinski definition) is 8. The van der Waals surface area contributed by atoms with Gasteiger partial charge in [0.05, 0.1) is 49.7 Å². The van der Waals surface area contributed by atoms with Crippen LogP contribution in [0.5, 0.6) is 5.75 Å². The van der Waals surface area contributed by atoms with E-state index in [9.17, 15) is 9.59 Å². The van der Waals surface area contributed by atoms with E-state index in [2.05, 4.69) is 9.72 Å². The highest BCUT2D eigenvalue weighted by molar-refractivity contribution is 6.30. The number of nitrogens with zero attached hydrogens (tertiary/aromatic N) is 3. The van der Waals surface area contributed by atoms with Gasteiger partial charge in [0.15, 0.2) is 11.8 Å². The molecule has 10 nitrogen and oxygen atoms in total. The molecule has 0 amide bonds. The monoisotopic (exact) mass is 706 g/mol. The molecule has 262 valence electrons. The first-order valence-electron chi connectivity index (χ1n) is 16.8. The molecule has 0 saturated heterocycles. The number of hydrogen-bond donors (Lipinski definition) is 1. The molecule has 7 rings (SSSR count). The highest BCUT2D eigenvalue weighted by atomic mass is 35.5. The van der Waals surface area contributed by atoms with Crippen LogP contribution in [-0.2, 0) is 25.4 Å². The molecule has 3 atom stereocenters. The van der Waals surface area contributed by atoms with Crippen molar-refractivity contribution in [2.75, 3.05) is 32.8 Å². The number of aryl methyl sites for hydroxylation is 2. The lowest BCUT2D eigenvalue weighted by Gasteiger charge is -2.40. The van der Waals surface area contributed by atoms with Crippen molar-refractivity contribution in [3.63, 3.8) is 0 Å². The van der Waals surface area contributed by atoms with Gasteiger partial charge < -0.3 is 28.7 Å². The first kappa shape index (κ1) is 34.3. The van der Waals surface area contributed by atoms with E-state index in [1.54, 1.807) is 49.1 Å². The Balaban J connectivity index is 1.29. The number of pyridine rings is 1. The van der Waals surface area contributed by atoms with Crippen molar-refractivity contribution >= 4 is 45.7 Å². The van der Waals surface area contributed by atoms with Crippen LogP contribution >= 0.6 is 11.6 Å². The van der Waals surface area contributed by atoms with E-state index in [0.29, 0.717) is 39.7 Å². The van der Waals surface area contributed by atoms with Crippen LogP contribution in [0.1, 0.15) is 56.3 Å². The molecule has 0 aliphatic carbocycles. The zero-order valence-electron chi connectivity index (χ0n) is 29.1. The second-order valence-electron chi connectivity index (χ2n) is 12.7. The molecule has 3 aromatic heterocycles. The molecule has 0 unspecified atom stereocenters. The number of ether oxygens (including phenoxy) is 4.